The zero-order valence-electron chi connectivity index (χ0n) is 29.3. The Kier molecular flexibility index (Phi) is 15.3. The minimum absolute atomic E-state index is 0.00324. The van der Waals surface area contributed by atoms with Crippen molar-refractivity contribution in [2.75, 3.05) is 26.4 Å². The average molecular weight is 808 g/mol. The summed E-state index contributed by atoms with van der Waals surface area (Å²) in [6.45, 7) is -1.84. The molecule has 0 aromatic heterocycles. The van der Waals surface area contributed by atoms with Crippen LogP contribution in [0.2, 0.25) is 0 Å². The molecule has 4 saturated heterocycles. The number of aliphatic hydroxyl groups excluding tert-OH is 16. The molecule has 4 heterocycles. The lowest BCUT2D eigenvalue weighted by molar-refractivity contribution is -0.385. The molecule has 0 unspecified atom stereocenters. The summed E-state index contributed by atoms with van der Waals surface area (Å²) in [6.07, 6.45) is -36.9. The van der Waals surface area contributed by atoms with E-state index >= 15 is 0 Å². The van der Waals surface area contributed by atoms with Gasteiger partial charge in [-0.2, -0.15) is 0 Å². The lowest BCUT2D eigenvalue weighted by atomic mass is 9.86. The van der Waals surface area contributed by atoms with Crippen LogP contribution in [0.4, 0.5) is 0 Å². The Morgan fingerprint density at radius 3 is 1.38 bits per heavy atom. The molecule has 17 N–H and O–H groups in total. The fourth-order valence-electron chi connectivity index (χ4n) is 7.30. The third-order valence-corrected chi connectivity index (χ3v) is 10.6. The fraction of sp³-hybridized carbons (Fsp3) is 0.935. The van der Waals surface area contributed by atoms with Crippen molar-refractivity contribution >= 4 is 0 Å². The highest BCUT2D eigenvalue weighted by Gasteiger charge is 2.55. The molecule has 24 atom stereocenters. The fourth-order valence-corrected chi connectivity index (χ4v) is 7.30. The molecular weight excluding hydrogens is 754 g/mol. The normalized spacial score (nSPS) is 52.5. The van der Waals surface area contributed by atoms with Gasteiger partial charge in [0.25, 0.3) is 0 Å². The maximum Gasteiger partial charge on any atom is 0.187 e. The molecule has 5 rings (SSSR count). The molecule has 320 valence electrons. The topological polar surface area (TPSA) is 400 Å². The maximum atomic E-state index is 11.1. The standard InChI is InChI=1S/C31H53NO23/c1-7-13(32-9-2-8(3-33)14(37)17(40)15(9)38)16(39)22(45)29(49-7)53-26-11(5-35)51-31(23(46)19(26)42)55-27-12(6-36)52-30(24(47)20(27)43)54-25-10(4-34)50-28(48)21(44)18(25)41/h2,7,9-48H,3-6H2,1H3/t7-,9-,10+,11+,12+,13-,14-,15+,16+,17+,18+,19+,20+,21+,22-,23+,24+,25+,26+,27+,28+,29+,30-,31-/m0/s1. The van der Waals surface area contributed by atoms with E-state index in [1.165, 1.54) is 13.0 Å². The van der Waals surface area contributed by atoms with E-state index in [0.717, 1.165) is 0 Å². The SMILES string of the molecule is C[C@@H]1O[C@H](O[C@H]2[C@H](O)[C@@H](O)[C@H](O[C@H]3[C@H](O)[C@@H](O)[C@H](O[C@H]4[C@H](O)[C@@H](O)[C@H](O)O[C@@H]4CO)O[C@@H]3CO)O[C@@H]2CO)[C@@H](O)[C@H](O)[C@H]1N[C@H]1C=C(CO)[C@H](O)[C@@H](O)[C@@H]1O. The Bertz CT molecular complexity index is 1250. The minimum atomic E-state index is -2.04. The highest BCUT2D eigenvalue weighted by molar-refractivity contribution is 5.22. The summed E-state index contributed by atoms with van der Waals surface area (Å²) < 4.78 is 38.7. The van der Waals surface area contributed by atoms with E-state index in [-0.39, 0.29) is 5.57 Å². The molecule has 0 saturated carbocycles. The number of rotatable bonds is 12. The van der Waals surface area contributed by atoms with Crippen molar-refractivity contribution in [3.63, 3.8) is 0 Å². The first-order chi connectivity index (χ1) is 26.0. The summed E-state index contributed by atoms with van der Waals surface area (Å²) in [6, 6.07) is -2.26. The molecule has 24 nitrogen and oxygen atoms in total. The smallest absolute Gasteiger partial charge is 0.187 e. The van der Waals surface area contributed by atoms with Gasteiger partial charge in [-0.15, -0.1) is 0 Å². The number of hydrogen-bond acceptors (Lipinski definition) is 24. The zero-order chi connectivity index (χ0) is 40.6. The van der Waals surface area contributed by atoms with Gasteiger partial charge in [-0.1, -0.05) is 6.08 Å². The van der Waals surface area contributed by atoms with Gasteiger partial charge in [-0.3, -0.25) is 0 Å². The van der Waals surface area contributed by atoms with E-state index in [0.29, 0.717) is 0 Å². The van der Waals surface area contributed by atoms with Gasteiger partial charge in [0.15, 0.2) is 25.2 Å². The van der Waals surface area contributed by atoms with Gasteiger partial charge in [0.05, 0.1) is 44.6 Å². The van der Waals surface area contributed by atoms with E-state index in [2.05, 4.69) is 5.32 Å². The number of nitrogens with one attached hydrogen (secondary N) is 1. The second-order valence-electron chi connectivity index (χ2n) is 14.2. The summed E-state index contributed by atoms with van der Waals surface area (Å²) in [5.74, 6) is 0. The van der Waals surface area contributed by atoms with Crippen LogP contribution in [0.15, 0.2) is 11.6 Å². The number of hydrogen-bond donors (Lipinski definition) is 17. The van der Waals surface area contributed by atoms with Crippen molar-refractivity contribution in [1.29, 1.82) is 0 Å². The van der Waals surface area contributed by atoms with Gasteiger partial charge in [-0.25, -0.2) is 0 Å². The van der Waals surface area contributed by atoms with Crippen molar-refractivity contribution in [3.8, 4) is 0 Å². The predicted octanol–water partition coefficient (Wildman–Crippen LogP) is -10.7. The molecule has 0 aromatic carbocycles. The van der Waals surface area contributed by atoms with Crippen LogP contribution in [0.1, 0.15) is 6.92 Å². The first kappa shape index (κ1) is 44.9. The van der Waals surface area contributed by atoms with E-state index in [9.17, 15) is 81.7 Å². The first-order valence-corrected chi connectivity index (χ1v) is 17.6. The van der Waals surface area contributed by atoms with Crippen LogP contribution in [-0.2, 0) is 33.2 Å². The first-order valence-electron chi connectivity index (χ1n) is 17.6. The summed E-state index contributed by atoms with van der Waals surface area (Å²) >= 11 is 0. The number of aliphatic hydroxyl groups is 16. The number of ether oxygens (including phenoxy) is 7. The summed E-state index contributed by atoms with van der Waals surface area (Å²) in [5.41, 5.74) is -0.00324. The second-order valence-corrected chi connectivity index (χ2v) is 14.2. The van der Waals surface area contributed by atoms with Gasteiger partial charge in [0.1, 0.15) is 104 Å². The Morgan fingerprint density at radius 1 is 0.509 bits per heavy atom. The summed E-state index contributed by atoms with van der Waals surface area (Å²) in [4.78, 5) is 0. The van der Waals surface area contributed by atoms with Crippen LogP contribution in [-0.4, -0.2) is 255 Å². The average Bonchev–Trinajstić information content (AvgIpc) is 3.17. The van der Waals surface area contributed by atoms with E-state index < -0.39 is 174 Å². The quantitative estimate of drug-likeness (QED) is 0.0814. The highest BCUT2D eigenvalue weighted by atomic mass is 16.8. The van der Waals surface area contributed by atoms with Crippen molar-refractivity contribution in [3.05, 3.63) is 11.6 Å². The van der Waals surface area contributed by atoms with Crippen molar-refractivity contribution in [2.45, 2.75) is 154 Å². The molecule has 24 heteroatoms. The predicted molar refractivity (Wildman–Crippen MR) is 170 cm³/mol. The molecule has 1 aliphatic carbocycles. The minimum Gasteiger partial charge on any atom is -0.394 e. The lowest BCUT2D eigenvalue weighted by Gasteiger charge is -2.49. The third-order valence-electron chi connectivity index (χ3n) is 10.6. The van der Waals surface area contributed by atoms with Crippen molar-refractivity contribution < 1.29 is 115 Å². The molecule has 0 radical (unpaired) electrons. The Hall–Kier alpha value is -1.22. The molecular formula is C31H53NO23. The van der Waals surface area contributed by atoms with Gasteiger partial charge in [0.2, 0.25) is 0 Å². The van der Waals surface area contributed by atoms with Gasteiger partial charge >= 0.3 is 0 Å². The van der Waals surface area contributed by atoms with Crippen LogP contribution in [0.5, 0.6) is 0 Å². The second kappa shape index (κ2) is 18.8. The summed E-state index contributed by atoms with van der Waals surface area (Å²) in [5, 5.41) is 169. The van der Waals surface area contributed by atoms with E-state index in [1.54, 1.807) is 0 Å². The van der Waals surface area contributed by atoms with Crippen LogP contribution in [0, 0.1) is 0 Å². The van der Waals surface area contributed by atoms with Crippen LogP contribution < -0.4 is 5.32 Å². The van der Waals surface area contributed by atoms with Gasteiger partial charge < -0.3 is 120 Å². The van der Waals surface area contributed by atoms with Crippen molar-refractivity contribution in [1.82, 2.24) is 5.32 Å². The highest BCUT2D eigenvalue weighted by Crippen LogP contribution is 2.34. The van der Waals surface area contributed by atoms with E-state index in [4.69, 9.17) is 33.2 Å². The molecule has 0 amide bonds. The molecule has 4 aliphatic heterocycles. The molecule has 55 heavy (non-hydrogen) atoms. The molecule has 4 fully saturated rings. The molecule has 0 bridgehead atoms. The maximum absolute atomic E-state index is 11.1. The van der Waals surface area contributed by atoms with Crippen LogP contribution in [0.3, 0.4) is 0 Å². The van der Waals surface area contributed by atoms with Crippen LogP contribution >= 0.6 is 0 Å². The Labute approximate surface area is 312 Å². The summed E-state index contributed by atoms with van der Waals surface area (Å²) in [7, 11) is 0. The zero-order valence-corrected chi connectivity index (χ0v) is 29.3. The van der Waals surface area contributed by atoms with Gasteiger partial charge in [-0.05, 0) is 12.5 Å². The third kappa shape index (κ3) is 9.03. The molecule has 0 aromatic rings. The molecule has 5 aliphatic rings. The Balaban J connectivity index is 1.22. The molecule has 0 spiro atoms. The van der Waals surface area contributed by atoms with Gasteiger partial charge in [0, 0.05) is 0 Å². The van der Waals surface area contributed by atoms with E-state index in [1.807, 2.05) is 0 Å². The Morgan fingerprint density at radius 2 is 0.927 bits per heavy atom. The lowest BCUT2D eigenvalue weighted by Crippen LogP contribution is -2.68. The largest absolute Gasteiger partial charge is 0.394 e. The monoisotopic (exact) mass is 807 g/mol. The van der Waals surface area contributed by atoms with Crippen molar-refractivity contribution in [2.24, 2.45) is 0 Å². The van der Waals surface area contributed by atoms with Crippen LogP contribution in [0.25, 0.3) is 0 Å².